The van der Waals surface area contributed by atoms with Crippen molar-refractivity contribution in [3.05, 3.63) is 95.0 Å². The summed E-state index contributed by atoms with van der Waals surface area (Å²) in [7, 11) is -2.45. The van der Waals surface area contributed by atoms with Crippen LogP contribution < -0.4 is 14.4 Å². The Kier molecular flexibility index (Phi) is 10.3. The van der Waals surface area contributed by atoms with Crippen molar-refractivity contribution < 1.29 is 22.7 Å². The Morgan fingerprint density at radius 1 is 0.951 bits per heavy atom. The van der Waals surface area contributed by atoms with Gasteiger partial charge in [0, 0.05) is 24.0 Å². The highest BCUT2D eigenvalue weighted by Gasteiger charge is 2.34. The van der Waals surface area contributed by atoms with Gasteiger partial charge in [-0.05, 0) is 48.2 Å². The molecule has 41 heavy (non-hydrogen) atoms. The molecule has 0 radical (unpaired) electrons. The van der Waals surface area contributed by atoms with Crippen LogP contribution in [0.1, 0.15) is 36.8 Å². The zero-order valence-corrected chi connectivity index (χ0v) is 24.9. The monoisotopic (exact) mass is 597 g/mol. The molecule has 1 N–H and O–H groups in total. The van der Waals surface area contributed by atoms with Gasteiger partial charge in [0.2, 0.25) is 21.8 Å². The van der Waals surface area contributed by atoms with E-state index in [4.69, 9.17) is 16.3 Å². The Bertz CT molecular complexity index is 1430. The van der Waals surface area contributed by atoms with Crippen LogP contribution in [0.25, 0.3) is 0 Å². The lowest BCUT2D eigenvalue weighted by Crippen LogP contribution is -2.54. The lowest BCUT2D eigenvalue weighted by molar-refractivity contribution is -0.140. The molecule has 0 aromatic heterocycles. The number of sulfonamides is 1. The number of para-hydroxylation sites is 2. The quantitative estimate of drug-likeness (QED) is 0.323. The van der Waals surface area contributed by atoms with E-state index >= 15 is 0 Å². The van der Waals surface area contributed by atoms with E-state index in [1.54, 1.807) is 48.5 Å². The second-order valence-electron chi connectivity index (χ2n) is 10.3. The number of carbonyl (C=O) groups is 2. The molecule has 3 aromatic rings. The van der Waals surface area contributed by atoms with E-state index in [-0.39, 0.29) is 30.6 Å². The van der Waals surface area contributed by atoms with Gasteiger partial charge in [0.15, 0.2) is 0 Å². The second kappa shape index (κ2) is 13.9. The average molecular weight is 598 g/mol. The summed E-state index contributed by atoms with van der Waals surface area (Å²) in [5, 5.41) is 3.70. The standard InChI is InChI=1S/C31H36ClN3O5S/c1-40-29-15-9-8-14-27(29)35(41(2,38)39)22-30(36)34(21-24-16-18-25(32)19-17-24)28(20-23-10-4-3-5-11-23)31(37)33-26-12-6-7-13-26/h3-5,8-11,14-19,26,28H,6-7,12-13,20-22H2,1-2H3,(H,33,37)/t28-/m0/s1. The summed E-state index contributed by atoms with van der Waals surface area (Å²) in [4.78, 5) is 29.5. The molecule has 0 aliphatic heterocycles. The number of rotatable bonds is 12. The summed E-state index contributed by atoms with van der Waals surface area (Å²) in [5.41, 5.74) is 1.89. The molecule has 3 aromatic carbocycles. The molecule has 4 rings (SSSR count). The molecular formula is C31H36ClN3O5S. The summed E-state index contributed by atoms with van der Waals surface area (Å²) in [6, 6.07) is 22.3. The number of hydrogen-bond acceptors (Lipinski definition) is 5. The maximum Gasteiger partial charge on any atom is 0.244 e. The zero-order chi connectivity index (χ0) is 29.4. The fourth-order valence-electron chi connectivity index (χ4n) is 5.14. The number of halogens is 1. The number of nitrogens with one attached hydrogen (secondary N) is 1. The van der Waals surface area contributed by atoms with Crippen molar-refractivity contribution in [2.45, 2.75) is 50.7 Å². The Morgan fingerprint density at radius 3 is 2.22 bits per heavy atom. The van der Waals surface area contributed by atoms with Crippen LogP contribution in [-0.2, 0) is 32.6 Å². The van der Waals surface area contributed by atoms with Gasteiger partial charge in [-0.25, -0.2) is 8.42 Å². The van der Waals surface area contributed by atoms with Gasteiger partial charge >= 0.3 is 0 Å². The summed E-state index contributed by atoms with van der Waals surface area (Å²) in [5.74, 6) is -0.458. The number of anilines is 1. The second-order valence-corrected chi connectivity index (χ2v) is 12.6. The third-order valence-corrected chi connectivity index (χ3v) is 8.65. The number of methoxy groups -OCH3 is 1. The van der Waals surface area contributed by atoms with E-state index in [0.717, 1.165) is 47.4 Å². The predicted octanol–water partition coefficient (Wildman–Crippen LogP) is 4.81. The lowest BCUT2D eigenvalue weighted by Gasteiger charge is -2.34. The van der Waals surface area contributed by atoms with Gasteiger partial charge < -0.3 is 15.0 Å². The molecule has 0 spiro atoms. The minimum absolute atomic E-state index is 0.0503. The van der Waals surface area contributed by atoms with E-state index in [1.165, 1.54) is 12.0 Å². The van der Waals surface area contributed by atoms with Gasteiger partial charge in [0.25, 0.3) is 0 Å². The summed E-state index contributed by atoms with van der Waals surface area (Å²) in [6.07, 6.45) is 5.19. The van der Waals surface area contributed by atoms with Crippen LogP contribution in [-0.4, -0.2) is 57.1 Å². The lowest BCUT2D eigenvalue weighted by atomic mass is 10.0. The molecular weight excluding hydrogens is 562 g/mol. The van der Waals surface area contributed by atoms with Gasteiger partial charge in [-0.1, -0.05) is 79.0 Å². The van der Waals surface area contributed by atoms with Crippen molar-refractivity contribution in [1.29, 1.82) is 0 Å². The zero-order valence-electron chi connectivity index (χ0n) is 23.3. The van der Waals surface area contributed by atoms with E-state index < -0.39 is 28.5 Å². The number of nitrogens with zero attached hydrogens (tertiary/aromatic N) is 2. The maximum absolute atomic E-state index is 14.2. The molecule has 10 heteroatoms. The highest BCUT2D eigenvalue weighted by molar-refractivity contribution is 7.92. The normalized spacial score (nSPS) is 14.3. The molecule has 1 fully saturated rings. The van der Waals surface area contributed by atoms with Crippen molar-refractivity contribution in [2.75, 3.05) is 24.2 Å². The summed E-state index contributed by atoms with van der Waals surface area (Å²) in [6.45, 7) is -0.413. The number of benzene rings is 3. The average Bonchev–Trinajstić information content (AvgIpc) is 3.47. The van der Waals surface area contributed by atoms with Crippen LogP contribution >= 0.6 is 11.6 Å². The van der Waals surface area contributed by atoms with Gasteiger partial charge in [-0.3, -0.25) is 13.9 Å². The van der Waals surface area contributed by atoms with Gasteiger partial charge in [0.1, 0.15) is 18.3 Å². The van der Waals surface area contributed by atoms with E-state index in [1.807, 2.05) is 30.3 Å². The first-order chi connectivity index (χ1) is 19.7. The van der Waals surface area contributed by atoms with Crippen LogP contribution in [0.2, 0.25) is 5.02 Å². The molecule has 1 aliphatic carbocycles. The fraction of sp³-hybridized carbons (Fsp3) is 0.355. The molecule has 0 saturated heterocycles. The smallest absolute Gasteiger partial charge is 0.244 e. The molecule has 2 amide bonds. The largest absolute Gasteiger partial charge is 0.495 e. The van der Waals surface area contributed by atoms with Crippen LogP contribution in [0.5, 0.6) is 5.75 Å². The minimum Gasteiger partial charge on any atom is -0.495 e. The SMILES string of the molecule is COc1ccccc1N(CC(=O)N(Cc1ccc(Cl)cc1)[C@@H](Cc1ccccc1)C(=O)NC1CCCC1)S(C)(=O)=O. The highest BCUT2D eigenvalue weighted by Crippen LogP contribution is 2.30. The first kappa shape index (κ1) is 30.4. The minimum atomic E-state index is -3.89. The molecule has 1 atom stereocenters. The summed E-state index contributed by atoms with van der Waals surface area (Å²) < 4.78 is 32.4. The van der Waals surface area contributed by atoms with Crippen molar-refractivity contribution in [2.24, 2.45) is 0 Å². The van der Waals surface area contributed by atoms with Gasteiger partial charge in [0.05, 0.1) is 19.1 Å². The number of ether oxygens (including phenoxy) is 1. The molecule has 218 valence electrons. The molecule has 0 unspecified atom stereocenters. The van der Waals surface area contributed by atoms with Crippen LogP contribution in [0.3, 0.4) is 0 Å². The van der Waals surface area contributed by atoms with Crippen LogP contribution in [0.15, 0.2) is 78.9 Å². The van der Waals surface area contributed by atoms with Crippen molar-refractivity contribution in [3.8, 4) is 5.75 Å². The Hall–Kier alpha value is -3.56. The third-order valence-electron chi connectivity index (χ3n) is 7.27. The van der Waals surface area contributed by atoms with Gasteiger partial charge in [-0.15, -0.1) is 0 Å². The van der Waals surface area contributed by atoms with Crippen molar-refractivity contribution >= 4 is 39.1 Å². The number of hydrogen-bond donors (Lipinski definition) is 1. The molecule has 0 heterocycles. The van der Waals surface area contributed by atoms with E-state index in [0.29, 0.717) is 10.8 Å². The van der Waals surface area contributed by atoms with E-state index in [2.05, 4.69) is 5.32 Å². The topological polar surface area (TPSA) is 96.0 Å². The molecule has 1 aliphatic rings. The highest BCUT2D eigenvalue weighted by atomic mass is 35.5. The first-order valence-corrected chi connectivity index (χ1v) is 15.9. The predicted molar refractivity (Wildman–Crippen MR) is 162 cm³/mol. The number of amides is 2. The summed E-state index contributed by atoms with van der Waals surface area (Å²) >= 11 is 6.11. The van der Waals surface area contributed by atoms with Crippen LogP contribution in [0, 0.1) is 0 Å². The fourth-order valence-corrected chi connectivity index (χ4v) is 6.12. The number of carbonyl (C=O) groups excluding carboxylic acids is 2. The first-order valence-electron chi connectivity index (χ1n) is 13.6. The molecule has 1 saturated carbocycles. The van der Waals surface area contributed by atoms with Crippen molar-refractivity contribution in [1.82, 2.24) is 10.2 Å². The molecule has 8 nitrogen and oxygen atoms in total. The third kappa shape index (κ3) is 8.24. The Morgan fingerprint density at radius 2 is 1.59 bits per heavy atom. The Balaban J connectivity index is 1.73. The Labute approximate surface area is 247 Å². The van der Waals surface area contributed by atoms with Gasteiger partial charge in [-0.2, -0.15) is 0 Å². The van der Waals surface area contributed by atoms with E-state index in [9.17, 15) is 18.0 Å². The van der Waals surface area contributed by atoms with Crippen LogP contribution in [0.4, 0.5) is 5.69 Å². The van der Waals surface area contributed by atoms with Crippen molar-refractivity contribution in [3.63, 3.8) is 0 Å². The molecule has 0 bridgehead atoms. The maximum atomic E-state index is 14.2.